The second-order valence-electron chi connectivity index (χ2n) is 4.21. The summed E-state index contributed by atoms with van der Waals surface area (Å²) in [5, 5.41) is 3.31. The van der Waals surface area contributed by atoms with E-state index in [1.165, 1.54) is 7.11 Å². The van der Waals surface area contributed by atoms with E-state index in [4.69, 9.17) is 4.74 Å². The van der Waals surface area contributed by atoms with Gasteiger partial charge in [-0.3, -0.25) is 9.69 Å². The Balaban J connectivity index is 2.15. The number of carbonyl (C=O) groups is 1. The van der Waals surface area contributed by atoms with E-state index in [0.717, 1.165) is 32.8 Å². The number of ether oxygens (including phenoxy) is 2. The Bertz CT molecular complexity index is 235. The van der Waals surface area contributed by atoms with Crippen molar-refractivity contribution in [2.75, 3.05) is 46.5 Å². The van der Waals surface area contributed by atoms with E-state index in [9.17, 15) is 4.79 Å². The summed E-state index contributed by atoms with van der Waals surface area (Å²) in [4.78, 5) is 13.3. The van der Waals surface area contributed by atoms with Gasteiger partial charge in [-0.1, -0.05) is 15.9 Å². The average molecular weight is 309 g/mol. The minimum absolute atomic E-state index is 0.240. The Morgan fingerprint density at radius 3 is 2.76 bits per heavy atom. The number of alkyl halides is 1. The molecule has 1 aliphatic heterocycles. The Morgan fingerprint density at radius 2 is 2.18 bits per heavy atom. The van der Waals surface area contributed by atoms with Crippen molar-refractivity contribution in [3.05, 3.63) is 0 Å². The van der Waals surface area contributed by atoms with Gasteiger partial charge in [0, 0.05) is 32.2 Å². The molecule has 1 N–H and O–H groups in total. The first-order valence-corrected chi connectivity index (χ1v) is 6.80. The van der Waals surface area contributed by atoms with Gasteiger partial charge < -0.3 is 14.8 Å². The lowest BCUT2D eigenvalue weighted by molar-refractivity contribution is -0.139. The van der Waals surface area contributed by atoms with Crippen LogP contribution in [0.2, 0.25) is 0 Å². The zero-order valence-corrected chi connectivity index (χ0v) is 12.0. The Hall–Kier alpha value is -0.170. The molecular weight excluding hydrogens is 288 g/mol. The highest BCUT2D eigenvalue weighted by molar-refractivity contribution is 9.10. The fourth-order valence-corrected chi connectivity index (χ4v) is 2.13. The fraction of sp³-hybridized carbons (Fsp3) is 0.909. The average Bonchev–Trinajstić information content (AvgIpc) is 2.36. The van der Waals surface area contributed by atoms with Gasteiger partial charge in [0.25, 0.3) is 0 Å². The van der Waals surface area contributed by atoms with E-state index in [-0.39, 0.29) is 10.8 Å². The number of nitrogens with one attached hydrogen (secondary N) is 1. The topological polar surface area (TPSA) is 50.8 Å². The number of esters is 1. The van der Waals surface area contributed by atoms with Gasteiger partial charge in [0.15, 0.2) is 0 Å². The number of methoxy groups -OCH3 is 1. The van der Waals surface area contributed by atoms with Crippen LogP contribution in [0.25, 0.3) is 0 Å². The van der Waals surface area contributed by atoms with Gasteiger partial charge in [0.05, 0.1) is 20.3 Å². The lowest BCUT2D eigenvalue weighted by atomic mass is 10.2. The maximum atomic E-state index is 11.2. The van der Waals surface area contributed by atoms with Crippen LogP contribution in [0.1, 0.15) is 6.92 Å². The molecule has 0 aliphatic carbocycles. The molecule has 0 radical (unpaired) electrons. The fourth-order valence-electron chi connectivity index (χ4n) is 1.75. The monoisotopic (exact) mass is 308 g/mol. The molecule has 0 aromatic heterocycles. The molecule has 1 rings (SSSR count). The summed E-state index contributed by atoms with van der Waals surface area (Å²) in [6, 6.07) is 0.345. The van der Waals surface area contributed by atoms with Gasteiger partial charge in [0.1, 0.15) is 4.83 Å². The molecule has 1 heterocycles. The second-order valence-corrected chi connectivity index (χ2v) is 5.32. The predicted molar refractivity (Wildman–Crippen MR) is 69.5 cm³/mol. The second kappa shape index (κ2) is 8.02. The lowest BCUT2D eigenvalue weighted by Gasteiger charge is -2.29. The molecule has 1 saturated heterocycles. The zero-order valence-electron chi connectivity index (χ0n) is 10.4. The number of carbonyl (C=O) groups excluding carboxylic acids is 1. The first kappa shape index (κ1) is 14.9. The number of morpholine rings is 1. The molecule has 0 bridgehead atoms. The summed E-state index contributed by atoms with van der Waals surface area (Å²) < 4.78 is 9.94. The molecule has 0 spiro atoms. The van der Waals surface area contributed by atoms with Crippen molar-refractivity contribution in [3.63, 3.8) is 0 Å². The van der Waals surface area contributed by atoms with Gasteiger partial charge in [-0.25, -0.2) is 0 Å². The molecule has 0 aromatic carbocycles. The van der Waals surface area contributed by atoms with Crippen LogP contribution in [0, 0.1) is 0 Å². The van der Waals surface area contributed by atoms with Crippen LogP contribution in [0.5, 0.6) is 0 Å². The number of hydrogen-bond acceptors (Lipinski definition) is 5. The van der Waals surface area contributed by atoms with Crippen molar-refractivity contribution in [2.45, 2.75) is 17.8 Å². The summed E-state index contributed by atoms with van der Waals surface area (Å²) in [7, 11) is 1.40. The normalized spacial score (nSPS) is 20.9. The molecule has 6 heteroatoms. The van der Waals surface area contributed by atoms with E-state index < -0.39 is 0 Å². The Labute approximate surface area is 111 Å². The lowest BCUT2D eigenvalue weighted by Crippen LogP contribution is -2.46. The van der Waals surface area contributed by atoms with Crippen molar-refractivity contribution in [1.29, 1.82) is 0 Å². The van der Waals surface area contributed by atoms with Crippen LogP contribution in [0.15, 0.2) is 0 Å². The molecular formula is C11H21BrN2O3. The van der Waals surface area contributed by atoms with Gasteiger partial charge >= 0.3 is 5.97 Å². The summed E-state index contributed by atoms with van der Waals surface area (Å²) in [6.07, 6.45) is 0. The predicted octanol–water partition coefficient (Wildman–Crippen LogP) is 0.233. The summed E-state index contributed by atoms with van der Waals surface area (Å²) in [5.41, 5.74) is 0. The minimum Gasteiger partial charge on any atom is -0.468 e. The molecule has 100 valence electrons. The minimum atomic E-state index is -0.278. The maximum Gasteiger partial charge on any atom is 0.320 e. The van der Waals surface area contributed by atoms with Gasteiger partial charge in [-0.2, -0.15) is 0 Å². The number of nitrogens with zero attached hydrogens (tertiary/aromatic N) is 1. The van der Waals surface area contributed by atoms with Crippen LogP contribution < -0.4 is 5.32 Å². The number of halogens is 1. The summed E-state index contributed by atoms with van der Waals surface area (Å²) in [6.45, 7) is 7.28. The number of hydrogen-bond donors (Lipinski definition) is 1. The van der Waals surface area contributed by atoms with E-state index >= 15 is 0 Å². The van der Waals surface area contributed by atoms with Crippen molar-refractivity contribution < 1.29 is 14.3 Å². The third kappa shape index (κ3) is 5.81. The third-order valence-corrected chi connectivity index (χ3v) is 3.44. The van der Waals surface area contributed by atoms with E-state index in [0.29, 0.717) is 12.6 Å². The number of rotatable bonds is 6. The highest BCUT2D eigenvalue weighted by atomic mass is 79.9. The van der Waals surface area contributed by atoms with E-state index in [2.05, 4.69) is 37.8 Å². The van der Waals surface area contributed by atoms with Crippen LogP contribution in [-0.4, -0.2) is 68.2 Å². The molecule has 5 nitrogen and oxygen atoms in total. The van der Waals surface area contributed by atoms with Crippen LogP contribution in [-0.2, 0) is 14.3 Å². The first-order chi connectivity index (χ1) is 8.13. The van der Waals surface area contributed by atoms with Crippen LogP contribution in [0.3, 0.4) is 0 Å². The highest BCUT2D eigenvalue weighted by Gasteiger charge is 2.17. The van der Waals surface area contributed by atoms with Crippen molar-refractivity contribution in [1.82, 2.24) is 10.2 Å². The van der Waals surface area contributed by atoms with Crippen molar-refractivity contribution in [2.24, 2.45) is 0 Å². The quantitative estimate of drug-likeness (QED) is 0.562. The Morgan fingerprint density at radius 1 is 1.53 bits per heavy atom. The zero-order chi connectivity index (χ0) is 12.7. The van der Waals surface area contributed by atoms with Crippen LogP contribution >= 0.6 is 15.9 Å². The smallest absolute Gasteiger partial charge is 0.320 e. The first-order valence-electron chi connectivity index (χ1n) is 5.89. The maximum absolute atomic E-state index is 11.2. The summed E-state index contributed by atoms with van der Waals surface area (Å²) in [5.74, 6) is -0.240. The van der Waals surface area contributed by atoms with Crippen LogP contribution in [0.4, 0.5) is 0 Å². The SMILES string of the molecule is COC(=O)C(Br)CNC(C)CN1CCOCC1. The standard InChI is InChI=1S/C11H21BrN2O3/c1-9(8-14-3-5-17-6-4-14)13-7-10(12)11(15)16-2/h9-10,13H,3-8H2,1-2H3. The molecule has 2 atom stereocenters. The van der Waals surface area contributed by atoms with E-state index in [1.807, 2.05) is 0 Å². The van der Waals surface area contributed by atoms with Gasteiger partial charge in [-0.05, 0) is 6.92 Å². The Kier molecular flexibility index (Phi) is 7.03. The molecule has 1 fully saturated rings. The molecule has 2 unspecified atom stereocenters. The van der Waals surface area contributed by atoms with Gasteiger partial charge in [0.2, 0.25) is 0 Å². The highest BCUT2D eigenvalue weighted by Crippen LogP contribution is 2.02. The summed E-state index contributed by atoms with van der Waals surface area (Å²) >= 11 is 3.29. The molecule has 0 amide bonds. The van der Waals surface area contributed by atoms with Crippen molar-refractivity contribution in [3.8, 4) is 0 Å². The largest absolute Gasteiger partial charge is 0.468 e. The van der Waals surface area contributed by atoms with E-state index in [1.54, 1.807) is 0 Å². The molecule has 1 aliphatic rings. The third-order valence-electron chi connectivity index (χ3n) is 2.74. The molecule has 0 aromatic rings. The van der Waals surface area contributed by atoms with Gasteiger partial charge in [-0.15, -0.1) is 0 Å². The van der Waals surface area contributed by atoms with Crippen molar-refractivity contribution >= 4 is 21.9 Å². The molecule has 17 heavy (non-hydrogen) atoms. The molecule has 0 saturated carbocycles.